The minimum atomic E-state index is -4.72. The van der Waals surface area contributed by atoms with Crippen molar-refractivity contribution in [1.82, 2.24) is 5.32 Å². The Morgan fingerprint density at radius 2 is 1.93 bits per heavy atom. The van der Waals surface area contributed by atoms with Crippen molar-refractivity contribution in [2.75, 3.05) is 6.54 Å². The summed E-state index contributed by atoms with van der Waals surface area (Å²) in [5, 5.41) is 2.15. The first-order valence-corrected chi connectivity index (χ1v) is 4.37. The van der Waals surface area contributed by atoms with E-state index in [0.29, 0.717) is 13.3 Å². The molecule has 0 heterocycles. The number of nitrogens with two attached hydrogens (primary N) is 1. The standard InChI is InChI=1S/C8H15F3N2O/c1-3-4-5-13-6(14)7(2,12)8(9,10)11/h3-5,12H2,1-2H3,(H,13,14). The number of rotatable bonds is 4. The molecule has 1 unspecified atom stereocenters. The maximum atomic E-state index is 12.2. The summed E-state index contributed by atoms with van der Waals surface area (Å²) >= 11 is 0. The van der Waals surface area contributed by atoms with E-state index in [9.17, 15) is 18.0 Å². The number of unbranched alkanes of at least 4 members (excludes halogenated alkanes) is 1. The van der Waals surface area contributed by atoms with Gasteiger partial charge in [0, 0.05) is 6.54 Å². The SMILES string of the molecule is CCCCNC(=O)C(C)(N)C(F)(F)F. The Balaban J connectivity index is 4.23. The van der Waals surface area contributed by atoms with Crippen LogP contribution in [0.4, 0.5) is 13.2 Å². The van der Waals surface area contributed by atoms with Crippen LogP contribution in [0.25, 0.3) is 0 Å². The van der Waals surface area contributed by atoms with Gasteiger partial charge in [-0.05, 0) is 13.3 Å². The summed E-state index contributed by atoms with van der Waals surface area (Å²) in [6.45, 7) is 2.75. The smallest absolute Gasteiger partial charge is 0.354 e. The van der Waals surface area contributed by atoms with E-state index in [2.05, 4.69) is 5.32 Å². The lowest BCUT2D eigenvalue weighted by Gasteiger charge is -2.26. The molecule has 0 saturated carbocycles. The first-order chi connectivity index (χ1) is 6.23. The van der Waals surface area contributed by atoms with E-state index < -0.39 is 17.6 Å². The van der Waals surface area contributed by atoms with Crippen LogP contribution in [-0.4, -0.2) is 24.2 Å². The fraction of sp³-hybridized carbons (Fsp3) is 0.875. The quantitative estimate of drug-likeness (QED) is 0.687. The molecule has 14 heavy (non-hydrogen) atoms. The van der Waals surface area contributed by atoms with Crippen molar-refractivity contribution in [3.05, 3.63) is 0 Å². The Kier molecular flexibility index (Phi) is 4.38. The topological polar surface area (TPSA) is 55.1 Å². The minimum absolute atomic E-state index is 0.220. The second kappa shape index (κ2) is 4.63. The summed E-state index contributed by atoms with van der Waals surface area (Å²) in [6, 6.07) is 0. The molecule has 3 N–H and O–H groups in total. The van der Waals surface area contributed by atoms with Gasteiger partial charge in [0.2, 0.25) is 5.91 Å². The molecule has 0 spiro atoms. The van der Waals surface area contributed by atoms with E-state index in [1.165, 1.54) is 0 Å². The van der Waals surface area contributed by atoms with Gasteiger partial charge in [-0.2, -0.15) is 13.2 Å². The molecule has 0 fully saturated rings. The Morgan fingerprint density at radius 1 is 1.43 bits per heavy atom. The Hall–Kier alpha value is -0.780. The second-order valence-corrected chi connectivity index (χ2v) is 3.31. The van der Waals surface area contributed by atoms with Crippen molar-refractivity contribution in [2.24, 2.45) is 5.73 Å². The average Bonchev–Trinajstić information content (AvgIpc) is 2.02. The lowest BCUT2D eigenvalue weighted by atomic mass is 10.0. The Bertz CT molecular complexity index is 201. The summed E-state index contributed by atoms with van der Waals surface area (Å²) in [4.78, 5) is 11.0. The van der Waals surface area contributed by atoms with Crippen molar-refractivity contribution >= 4 is 5.91 Å². The lowest BCUT2D eigenvalue weighted by molar-refractivity contribution is -0.187. The summed E-state index contributed by atoms with van der Waals surface area (Å²) in [5.74, 6) is -1.18. The Morgan fingerprint density at radius 3 is 2.29 bits per heavy atom. The highest BCUT2D eigenvalue weighted by Gasteiger charge is 2.53. The predicted octanol–water partition coefficient (Wildman–Crippen LogP) is 1.18. The maximum Gasteiger partial charge on any atom is 0.415 e. The molecule has 3 nitrogen and oxygen atoms in total. The van der Waals surface area contributed by atoms with E-state index in [-0.39, 0.29) is 6.54 Å². The molecule has 0 saturated heterocycles. The zero-order chi connectivity index (χ0) is 11.4. The number of amides is 1. The van der Waals surface area contributed by atoms with Crippen molar-refractivity contribution in [1.29, 1.82) is 0 Å². The van der Waals surface area contributed by atoms with Crippen LogP contribution < -0.4 is 11.1 Å². The maximum absolute atomic E-state index is 12.2. The molecule has 0 radical (unpaired) electrons. The largest absolute Gasteiger partial charge is 0.415 e. The number of halogens is 3. The van der Waals surface area contributed by atoms with Crippen molar-refractivity contribution in [3.63, 3.8) is 0 Å². The molecule has 0 rings (SSSR count). The summed E-state index contributed by atoms with van der Waals surface area (Å²) < 4.78 is 36.6. The molecular formula is C8H15F3N2O. The molecule has 84 valence electrons. The molecule has 1 amide bonds. The van der Waals surface area contributed by atoms with Gasteiger partial charge in [0.05, 0.1) is 0 Å². The highest BCUT2D eigenvalue weighted by Crippen LogP contribution is 2.27. The number of hydrogen-bond acceptors (Lipinski definition) is 2. The molecule has 0 aromatic carbocycles. The second-order valence-electron chi connectivity index (χ2n) is 3.31. The average molecular weight is 212 g/mol. The third-order valence-electron chi connectivity index (χ3n) is 1.88. The van der Waals surface area contributed by atoms with Gasteiger partial charge < -0.3 is 11.1 Å². The number of carbonyl (C=O) groups is 1. The number of nitrogens with one attached hydrogen (secondary N) is 1. The lowest BCUT2D eigenvalue weighted by Crippen LogP contribution is -2.61. The normalized spacial score (nSPS) is 16.1. The van der Waals surface area contributed by atoms with Gasteiger partial charge in [-0.3, -0.25) is 4.79 Å². The number of carbonyl (C=O) groups excluding carboxylic acids is 1. The molecular weight excluding hydrogens is 197 g/mol. The van der Waals surface area contributed by atoms with E-state index in [1.54, 1.807) is 0 Å². The highest BCUT2D eigenvalue weighted by atomic mass is 19.4. The molecule has 0 aliphatic carbocycles. The van der Waals surface area contributed by atoms with E-state index in [4.69, 9.17) is 5.73 Å². The zero-order valence-corrected chi connectivity index (χ0v) is 8.24. The fourth-order valence-electron chi connectivity index (χ4n) is 0.691. The number of hydrogen-bond donors (Lipinski definition) is 2. The van der Waals surface area contributed by atoms with Crippen LogP contribution in [0.2, 0.25) is 0 Å². The van der Waals surface area contributed by atoms with E-state index in [0.717, 1.165) is 6.42 Å². The monoisotopic (exact) mass is 212 g/mol. The van der Waals surface area contributed by atoms with Gasteiger partial charge in [-0.1, -0.05) is 13.3 Å². The first-order valence-electron chi connectivity index (χ1n) is 4.37. The van der Waals surface area contributed by atoms with Gasteiger partial charge in [0.1, 0.15) is 0 Å². The van der Waals surface area contributed by atoms with E-state index in [1.807, 2.05) is 6.92 Å². The highest BCUT2D eigenvalue weighted by molar-refractivity contribution is 5.86. The predicted molar refractivity (Wildman–Crippen MR) is 46.6 cm³/mol. The summed E-state index contributed by atoms with van der Waals surface area (Å²) in [7, 11) is 0. The molecule has 0 aliphatic rings. The van der Waals surface area contributed by atoms with Crippen LogP contribution in [0.5, 0.6) is 0 Å². The third kappa shape index (κ3) is 3.17. The number of alkyl halides is 3. The fourth-order valence-corrected chi connectivity index (χ4v) is 0.691. The van der Waals surface area contributed by atoms with E-state index >= 15 is 0 Å². The summed E-state index contributed by atoms with van der Waals surface area (Å²) in [5.41, 5.74) is 2.08. The van der Waals surface area contributed by atoms with Crippen LogP contribution in [0.1, 0.15) is 26.7 Å². The van der Waals surface area contributed by atoms with Crippen molar-refractivity contribution in [2.45, 2.75) is 38.4 Å². The van der Waals surface area contributed by atoms with Gasteiger partial charge >= 0.3 is 6.18 Å². The van der Waals surface area contributed by atoms with Crippen molar-refractivity contribution < 1.29 is 18.0 Å². The molecule has 0 aromatic heterocycles. The minimum Gasteiger partial charge on any atom is -0.354 e. The first kappa shape index (κ1) is 13.2. The van der Waals surface area contributed by atoms with Crippen LogP contribution >= 0.6 is 0 Å². The zero-order valence-electron chi connectivity index (χ0n) is 8.24. The third-order valence-corrected chi connectivity index (χ3v) is 1.88. The van der Waals surface area contributed by atoms with Gasteiger partial charge in [-0.25, -0.2) is 0 Å². The van der Waals surface area contributed by atoms with Crippen LogP contribution in [-0.2, 0) is 4.79 Å². The summed E-state index contributed by atoms with van der Waals surface area (Å²) in [6.07, 6.45) is -3.28. The van der Waals surface area contributed by atoms with Gasteiger partial charge in [0.25, 0.3) is 0 Å². The van der Waals surface area contributed by atoms with Crippen LogP contribution in [0, 0.1) is 0 Å². The van der Waals surface area contributed by atoms with Crippen LogP contribution in [0.3, 0.4) is 0 Å². The molecule has 1 atom stereocenters. The van der Waals surface area contributed by atoms with Gasteiger partial charge in [-0.15, -0.1) is 0 Å². The van der Waals surface area contributed by atoms with Crippen molar-refractivity contribution in [3.8, 4) is 0 Å². The van der Waals surface area contributed by atoms with Crippen LogP contribution in [0.15, 0.2) is 0 Å². The molecule has 0 aliphatic heterocycles. The molecule has 6 heteroatoms. The molecule has 0 bridgehead atoms. The molecule has 0 aromatic rings. The van der Waals surface area contributed by atoms with Gasteiger partial charge in [0.15, 0.2) is 5.54 Å². The Labute approximate surface area is 80.8 Å².